The fourth-order valence-electron chi connectivity index (χ4n) is 1.35. The summed E-state index contributed by atoms with van der Waals surface area (Å²) in [5.41, 5.74) is 5.67. The van der Waals surface area contributed by atoms with Gasteiger partial charge in [-0.1, -0.05) is 18.2 Å². The summed E-state index contributed by atoms with van der Waals surface area (Å²) in [5, 5.41) is 5.43. The molecule has 0 fully saturated rings. The highest BCUT2D eigenvalue weighted by Gasteiger charge is 2.06. The van der Waals surface area contributed by atoms with Crippen LogP contribution in [0.25, 0.3) is 0 Å². The molecule has 1 aromatic rings. The van der Waals surface area contributed by atoms with E-state index in [0.717, 1.165) is 5.56 Å². The van der Waals surface area contributed by atoms with Gasteiger partial charge in [0, 0.05) is 25.2 Å². The number of benzene rings is 1. The van der Waals surface area contributed by atoms with Crippen LogP contribution in [0.1, 0.15) is 17.6 Å². The minimum Gasteiger partial charge on any atom is -0.352 e. The molecule has 0 aliphatic rings. The number of nitrogens with two attached hydrogens (primary N) is 1. The highest BCUT2D eigenvalue weighted by atomic mass is 19.3. The maximum atomic E-state index is 12.4. The Bertz CT molecular complexity index is 371. The number of alkyl halides is 2. The molecule has 0 radical (unpaired) electrons. The Morgan fingerprint density at radius 3 is 2.76 bits per heavy atom. The Balaban J connectivity index is 2.31. The van der Waals surface area contributed by atoms with Crippen molar-refractivity contribution in [3.05, 3.63) is 35.4 Å². The molecule has 6 heteroatoms. The molecule has 1 aromatic carbocycles. The molecule has 0 bridgehead atoms. The normalized spacial score (nSPS) is 10.5. The SMILES string of the molecule is NC(=O)NCCNCc1cccc(C(F)F)c1. The molecule has 0 spiro atoms. The van der Waals surface area contributed by atoms with Crippen LogP contribution in [0, 0.1) is 0 Å². The number of hydrogen-bond donors (Lipinski definition) is 3. The average molecular weight is 243 g/mol. The molecule has 0 saturated heterocycles. The predicted molar refractivity (Wildman–Crippen MR) is 60.7 cm³/mol. The second kappa shape index (κ2) is 6.80. The molecule has 0 aromatic heterocycles. The lowest BCUT2D eigenvalue weighted by Gasteiger charge is -2.07. The largest absolute Gasteiger partial charge is 0.352 e. The standard InChI is InChI=1S/C11H15F2N3O/c12-10(13)9-3-1-2-8(6-9)7-15-4-5-16-11(14)17/h1-3,6,10,15H,4-5,7H2,(H3,14,16,17). The summed E-state index contributed by atoms with van der Waals surface area (Å²) in [7, 11) is 0. The Labute approximate surface area is 98.2 Å². The van der Waals surface area contributed by atoms with Crippen LogP contribution in [0.5, 0.6) is 0 Å². The summed E-state index contributed by atoms with van der Waals surface area (Å²) in [4.78, 5) is 10.4. The quantitative estimate of drug-likeness (QED) is 0.661. The van der Waals surface area contributed by atoms with Crippen molar-refractivity contribution in [2.45, 2.75) is 13.0 Å². The number of hydrogen-bond acceptors (Lipinski definition) is 2. The number of halogens is 2. The lowest BCUT2D eigenvalue weighted by atomic mass is 10.1. The van der Waals surface area contributed by atoms with Crippen molar-refractivity contribution in [3.8, 4) is 0 Å². The Morgan fingerprint density at radius 1 is 1.35 bits per heavy atom. The third-order valence-corrected chi connectivity index (χ3v) is 2.13. The molecule has 0 aliphatic carbocycles. The van der Waals surface area contributed by atoms with Crippen LogP contribution in [0.4, 0.5) is 13.6 Å². The van der Waals surface area contributed by atoms with E-state index in [1.165, 1.54) is 12.1 Å². The van der Waals surface area contributed by atoms with Crippen LogP contribution in [-0.4, -0.2) is 19.1 Å². The van der Waals surface area contributed by atoms with Gasteiger partial charge in [-0.25, -0.2) is 13.6 Å². The number of carbonyl (C=O) groups excluding carboxylic acids is 1. The van der Waals surface area contributed by atoms with E-state index >= 15 is 0 Å². The molecular formula is C11H15F2N3O. The maximum Gasteiger partial charge on any atom is 0.312 e. The third-order valence-electron chi connectivity index (χ3n) is 2.13. The van der Waals surface area contributed by atoms with Gasteiger partial charge in [0.25, 0.3) is 6.43 Å². The van der Waals surface area contributed by atoms with Gasteiger partial charge in [-0.15, -0.1) is 0 Å². The number of urea groups is 1. The summed E-state index contributed by atoms with van der Waals surface area (Å²) < 4.78 is 24.8. The molecule has 0 aliphatic heterocycles. The van der Waals surface area contributed by atoms with Crippen molar-refractivity contribution >= 4 is 6.03 Å². The highest BCUT2D eigenvalue weighted by molar-refractivity contribution is 5.71. The first-order chi connectivity index (χ1) is 8.09. The van der Waals surface area contributed by atoms with Crippen LogP contribution in [0.15, 0.2) is 24.3 Å². The summed E-state index contributed by atoms with van der Waals surface area (Å²) in [6, 6.07) is 5.63. The van der Waals surface area contributed by atoms with E-state index in [2.05, 4.69) is 10.6 Å². The van der Waals surface area contributed by atoms with Crippen molar-refractivity contribution < 1.29 is 13.6 Å². The third kappa shape index (κ3) is 5.26. The van der Waals surface area contributed by atoms with E-state index in [4.69, 9.17) is 5.73 Å². The molecule has 17 heavy (non-hydrogen) atoms. The maximum absolute atomic E-state index is 12.4. The van der Waals surface area contributed by atoms with Gasteiger partial charge in [0.2, 0.25) is 0 Å². The topological polar surface area (TPSA) is 67.2 Å². The van der Waals surface area contributed by atoms with Crippen LogP contribution in [0.3, 0.4) is 0 Å². The van der Waals surface area contributed by atoms with Crippen LogP contribution in [0.2, 0.25) is 0 Å². The molecule has 1 rings (SSSR count). The van der Waals surface area contributed by atoms with Gasteiger partial charge in [0.1, 0.15) is 0 Å². The first-order valence-electron chi connectivity index (χ1n) is 5.20. The van der Waals surface area contributed by atoms with E-state index in [1.807, 2.05) is 0 Å². The molecule has 0 atom stereocenters. The van der Waals surface area contributed by atoms with Gasteiger partial charge in [-0.2, -0.15) is 0 Å². The predicted octanol–water partition coefficient (Wildman–Crippen LogP) is 1.38. The zero-order chi connectivity index (χ0) is 12.7. The van der Waals surface area contributed by atoms with Crippen LogP contribution in [-0.2, 0) is 6.54 Å². The number of carbonyl (C=O) groups is 1. The Hall–Kier alpha value is -1.69. The van der Waals surface area contributed by atoms with Gasteiger partial charge < -0.3 is 16.4 Å². The Kier molecular flexibility index (Phi) is 5.35. The fraction of sp³-hybridized carbons (Fsp3) is 0.364. The number of rotatable bonds is 6. The lowest BCUT2D eigenvalue weighted by Crippen LogP contribution is -2.35. The lowest BCUT2D eigenvalue weighted by molar-refractivity contribution is 0.151. The van der Waals surface area contributed by atoms with Crippen molar-refractivity contribution in [1.29, 1.82) is 0 Å². The van der Waals surface area contributed by atoms with E-state index in [-0.39, 0.29) is 5.56 Å². The Morgan fingerprint density at radius 2 is 2.12 bits per heavy atom. The number of primary amides is 1. The van der Waals surface area contributed by atoms with Crippen molar-refractivity contribution in [2.24, 2.45) is 5.73 Å². The molecular weight excluding hydrogens is 228 g/mol. The zero-order valence-corrected chi connectivity index (χ0v) is 9.25. The molecule has 2 amide bonds. The van der Waals surface area contributed by atoms with Crippen molar-refractivity contribution in [2.75, 3.05) is 13.1 Å². The zero-order valence-electron chi connectivity index (χ0n) is 9.25. The smallest absolute Gasteiger partial charge is 0.312 e. The molecule has 0 saturated carbocycles. The summed E-state index contributed by atoms with van der Waals surface area (Å²) >= 11 is 0. The monoisotopic (exact) mass is 243 g/mol. The van der Waals surface area contributed by atoms with E-state index in [0.29, 0.717) is 19.6 Å². The second-order valence-corrected chi connectivity index (χ2v) is 3.51. The van der Waals surface area contributed by atoms with Gasteiger partial charge in [-0.05, 0) is 11.6 Å². The first kappa shape index (κ1) is 13.4. The summed E-state index contributed by atoms with van der Waals surface area (Å²) in [6.45, 7) is 1.41. The van der Waals surface area contributed by atoms with E-state index < -0.39 is 12.5 Å². The van der Waals surface area contributed by atoms with Crippen molar-refractivity contribution in [1.82, 2.24) is 10.6 Å². The molecule has 0 unspecified atom stereocenters. The van der Waals surface area contributed by atoms with Gasteiger partial charge >= 0.3 is 6.03 Å². The summed E-state index contributed by atoms with van der Waals surface area (Å²) in [6.07, 6.45) is -2.45. The van der Waals surface area contributed by atoms with E-state index in [9.17, 15) is 13.6 Å². The van der Waals surface area contributed by atoms with Gasteiger partial charge in [-0.3, -0.25) is 0 Å². The first-order valence-corrected chi connectivity index (χ1v) is 5.20. The van der Waals surface area contributed by atoms with Gasteiger partial charge in [0.05, 0.1) is 0 Å². The fourth-order valence-corrected chi connectivity index (χ4v) is 1.35. The second-order valence-electron chi connectivity index (χ2n) is 3.51. The van der Waals surface area contributed by atoms with Crippen molar-refractivity contribution in [3.63, 3.8) is 0 Å². The minimum atomic E-state index is -2.45. The molecule has 94 valence electrons. The highest BCUT2D eigenvalue weighted by Crippen LogP contribution is 2.19. The molecule has 4 N–H and O–H groups in total. The number of nitrogens with one attached hydrogen (secondary N) is 2. The van der Waals surface area contributed by atoms with Crippen LogP contribution < -0.4 is 16.4 Å². The average Bonchev–Trinajstić information content (AvgIpc) is 2.28. The van der Waals surface area contributed by atoms with Crippen LogP contribution >= 0.6 is 0 Å². The minimum absolute atomic E-state index is 0.0135. The summed E-state index contributed by atoms with van der Waals surface area (Å²) in [5.74, 6) is 0. The van der Waals surface area contributed by atoms with Gasteiger partial charge in [0.15, 0.2) is 0 Å². The molecule has 0 heterocycles. The van der Waals surface area contributed by atoms with E-state index in [1.54, 1.807) is 12.1 Å². The molecule has 4 nitrogen and oxygen atoms in total. The number of amides is 2.